The number of amides is 1. The number of nitrogens with one attached hydrogen (secondary N) is 1. The van der Waals surface area contributed by atoms with Crippen LogP contribution >= 0.6 is 23.1 Å². The SMILES string of the molecule is CCOC(=O)Cc1csc(SC(C)C(=O)NC2CCCCC2)n1. The molecule has 1 aromatic rings. The van der Waals surface area contributed by atoms with Crippen LogP contribution in [-0.4, -0.2) is 34.8 Å². The number of hydrogen-bond acceptors (Lipinski definition) is 6. The molecule has 1 heterocycles. The predicted molar refractivity (Wildman–Crippen MR) is 92.8 cm³/mol. The van der Waals surface area contributed by atoms with Crippen molar-refractivity contribution in [2.45, 2.75) is 68.0 Å². The van der Waals surface area contributed by atoms with Crippen molar-refractivity contribution >= 4 is 35.0 Å². The molecule has 0 saturated heterocycles. The maximum atomic E-state index is 12.3. The van der Waals surface area contributed by atoms with Gasteiger partial charge in [0, 0.05) is 11.4 Å². The number of thioether (sulfide) groups is 1. The van der Waals surface area contributed by atoms with Crippen molar-refractivity contribution in [1.82, 2.24) is 10.3 Å². The molecule has 1 fully saturated rings. The van der Waals surface area contributed by atoms with E-state index in [0.717, 1.165) is 17.2 Å². The van der Waals surface area contributed by atoms with Crippen LogP contribution in [0.3, 0.4) is 0 Å². The van der Waals surface area contributed by atoms with E-state index < -0.39 is 0 Å². The van der Waals surface area contributed by atoms with Crippen molar-refractivity contribution in [3.05, 3.63) is 11.1 Å². The highest BCUT2D eigenvalue weighted by Crippen LogP contribution is 2.27. The van der Waals surface area contributed by atoms with E-state index in [2.05, 4.69) is 10.3 Å². The summed E-state index contributed by atoms with van der Waals surface area (Å²) >= 11 is 2.91. The topological polar surface area (TPSA) is 68.3 Å². The highest BCUT2D eigenvalue weighted by atomic mass is 32.2. The highest BCUT2D eigenvalue weighted by Gasteiger charge is 2.21. The van der Waals surface area contributed by atoms with Crippen LogP contribution in [0.1, 0.15) is 51.6 Å². The van der Waals surface area contributed by atoms with E-state index in [9.17, 15) is 9.59 Å². The van der Waals surface area contributed by atoms with Crippen molar-refractivity contribution in [2.24, 2.45) is 0 Å². The Balaban J connectivity index is 1.80. The molecule has 0 aromatic carbocycles. The van der Waals surface area contributed by atoms with Gasteiger partial charge in [-0.15, -0.1) is 11.3 Å². The number of hydrogen-bond donors (Lipinski definition) is 1. The average molecular weight is 357 g/mol. The zero-order chi connectivity index (χ0) is 16.7. The lowest BCUT2D eigenvalue weighted by molar-refractivity contribution is -0.142. The van der Waals surface area contributed by atoms with E-state index in [1.165, 1.54) is 42.4 Å². The lowest BCUT2D eigenvalue weighted by Crippen LogP contribution is -2.40. The van der Waals surface area contributed by atoms with Crippen LogP contribution in [-0.2, 0) is 20.7 Å². The van der Waals surface area contributed by atoms with E-state index in [1.807, 2.05) is 12.3 Å². The molecule has 1 aromatic heterocycles. The standard InChI is InChI=1S/C16H24N2O3S2/c1-3-21-14(19)9-13-10-22-16(18-13)23-11(2)15(20)17-12-7-5-4-6-8-12/h10-12H,3-9H2,1-2H3,(H,17,20). The summed E-state index contributed by atoms with van der Waals surface area (Å²) in [6, 6.07) is 0.329. The first kappa shape index (κ1) is 18.3. The Morgan fingerprint density at radius 1 is 1.43 bits per heavy atom. The van der Waals surface area contributed by atoms with Gasteiger partial charge in [-0.1, -0.05) is 31.0 Å². The number of esters is 1. The van der Waals surface area contributed by atoms with Gasteiger partial charge in [-0.05, 0) is 26.7 Å². The molecule has 2 rings (SSSR count). The summed E-state index contributed by atoms with van der Waals surface area (Å²) in [5, 5.41) is 4.81. The second-order valence-electron chi connectivity index (χ2n) is 5.69. The lowest BCUT2D eigenvalue weighted by Gasteiger charge is -2.24. The molecule has 1 amide bonds. The molecule has 1 N–H and O–H groups in total. The van der Waals surface area contributed by atoms with Crippen LogP contribution in [0, 0.1) is 0 Å². The first-order chi connectivity index (χ1) is 11.1. The van der Waals surface area contributed by atoms with E-state index in [0.29, 0.717) is 18.3 Å². The van der Waals surface area contributed by atoms with Gasteiger partial charge in [0.1, 0.15) is 0 Å². The summed E-state index contributed by atoms with van der Waals surface area (Å²) in [7, 11) is 0. The third-order valence-electron chi connectivity index (χ3n) is 3.76. The molecule has 0 aliphatic heterocycles. The first-order valence-corrected chi connectivity index (χ1v) is 9.91. The largest absolute Gasteiger partial charge is 0.466 e. The van der Waals surface area contributed by atoms with Crippen molar-refractivity contribution in [1.29, 1.82) is 0 Å². The number of nitrogens with zero attached hydrogens (tertiary/aromatic N) is 1. The maximum absolute atomic E-state index is 12.3. The fourth-order valence-corrected chi connectivity index (χ4v) is 4.54. The Morgan fingerprint density at radius 2 is 2.17 bits per heavy atom. The Labute approximate surface area is 145 Å². The number of rotatable bonds is 7. The fourth-order valence-electron chi connectivity index (χ4n) is 2.55. The quantitative estimate of drug-likeness (QED) is 0.600. The molecule has 1 saturated carbocycles. The van der Waals surface area contributed by atoms with Gasteiger partial charge in [0.2, 0.25) is 5.91 Å². The number of carbonyl (C=O) groups excluding carboxylic acids is 2. The number of thiazole rings is 1. The van der Waals surface area contributed by atoms with Gasteiger partial charge in [0.25, 0.3) is 0 Å². The Hall–Kier alpha value is -1.08. The van der Waals surface area contributed by atoms with E-state index in [-0.39, 0.29) is 23.5 Å². The summed E-state index contributed by atoms with van der Waals surface area (Å²) in [5.41, 5.74) is 0.704. The number of aromatic nitrogens is 1. The maximum Gasteiger partial charge on any atom is 0.311 e. The van der Waals surface area contributed by atoms with Gasteiger partial charge in [0.05, 0.1) is 24.0 Å². The highest BCUT2D eigenvalue weighted by molar-refractivity contribution is 8.02. The van der Waals surface area contributed by atoms with Gasteiger partial charge in [0.15, 0.2) is 4.34 Å². The number of ether oxygens (including phenoxy) is 1. The van der Waals surface area contributed by atoms with E-state index in [4.69, 9.17) is 4.74 Å². The molecule has 7 heteroatoms. The minimum atomic E-state index is -0.266. The van der Waals surface area contributed by atoms with Crippen LogP contribution < -0.4 is 5.32 Å². The Kier molecular flexibility index (Phi) is 7.36. The van der Waals surface area contributed by atoms with Crippen LogP contribution in [0.15, 0.2) is 9.72 Å². The minimum Gasteiger partial charge on any atom is -0.466 e. The van der Waals surface area contributed by atoms with Crippen molar-refractivity contribution in [2.75, 3.05) is 6.61 Å². The molecular formula is C16H24N2O3S2. The molecule has 0 bridgehead atoms. The van der Waals surface area contributed by atoms with Gasteiger partial charge in [-0.3, -0.25) is 9.59 Å². The molecular weight excluding hydrogens is 332 g/mol. The van der Waals surface area contributed by atoms with Gasteiger partial charge >= 0.3 is 5.97 Å². The predicted octanol–water partition coefficient (Wildman–Crippen LogP) is 3.18. The van der Waals surface area contributed by atoms with Gasteiger partial charge in [-0.25, -0.2) is 4.98 Å². The van der Waals surface area contributed by atoms with Gasteiger partial charge < -0.3 is 10.1 Å². The van der Waals surface area contributed by atoms with Crippen LogP contribution in [0.4, 0.5) is 0 Å². The molecule has 5 nitrogen and oxygen atoms in total. The lowest BCUT2D eigenvalue weighted by atomic mass is 9.95. The molecule has 1 atom stereocenters. The Bertz CT molecular complexity index is 527. The number of carbonyl (C=O) groups is 2. The summed E-state index contributed by atoms with van der Waals surface area (Å²) in [6.45, 7) is 4.06. The van der Waals surface area contributed by atoms with Crippen molar-refractivity contribution in [3.63, 3.8) is 0 Å². The zero-order valence-corrected chi connectivity index (χ0v) is 15.3. The minimum absolute atomic E-state index is 0.0732. The van der Waals surface area contributed by atoms with E-state index in [1.54, 1.807) is 6.92 Å². The molecule has 1 unspecified atom stereocenters. The molecule has 23 heavy (non-hydrogen) atoms. The molecule has 0 spiro atoms. The third kappa shape index (κ3) is 6.14. The van der Waals surface area contributed by atoms with Crippen LogP contribution in [0.5, 0.6) is 0 Å². The Morgan fingerprint density at radius 3 is 2.87 bits per heavy atom. The summed E-state index contributed by atoms with van der Waals surface area (Å²) < 4.78 is 5.73. The normalized spacial score (nSPS) is 16.8. The smallest absolute Gasteiger partial charge is 0.311 e. The van der Waals surface area contributed by atoms with E-state index >= 15 is 0 Å². The third-order valence-corrected chi connectivity index (χ3v) is 5.88. The van der Waals surface area contributed by atoms with Crippen LogP contribution in [0.25, 0.3) is 0 Å². The summed E-state index contributed by atoms with van der Waals surface area (Å²) in [6.07, 6.45) is 6.05. The van der Waals surface area contributed by atoms with Crippen LogP contribution in [0.2, 0.25) is 0 Å². The summed E-state index contributed by atoms with van der Waals surface area (Å²) in [4.78, 5) is 28.1. The summed E-state index contributed by atoms with van der Waals surface area (Å²) in [5.74, 6) is -0.193. The molecule has 128 valence electrons. The molecule has 1 aliphatic carbocycles. The zero-order valence-electron chi connectivity index (χ0n) is 13.7. The van der Waals surface area contributed by atoms with Crippen molar-refractivity contribution < 1.29 is 14.3 Å². The fraction of sp³-hybridized carbons (Fsp3) is 0.688. The second kappa shape index (κ2) is 9.27. The second-order valence-corrected chi connectivity index (χ2v) is 8.14. The van der Waals surface area contributed by atoms with Gasteiger partial charge in [-0.2, -0.15) is 0 Å². The average Bonchev–Trinajstić information content (AvgIpc) is 2.95. The van der Waals surface area contributed by atoms with Crippen molar-refractivity contribution in [3.8, 4) is 0 Å². The first-order valence-electron chi connectivity index (χ1n) is 8.15. The molecule has 0 radical (unpaired) electrons. The molecule has 1 aliphatic rings. The monoisotopic (exact) mass is 356 g/mol.